The monoisotopic (exact) mass is 530 g/mol. The number of nitrogens with one attached hydrogen (secondary N) is 3. The first-order chi connectivity index (χ1) is 15.0. The van der Waals surface area contributed by atoms with Crippen molar-refractivity contribution >= 4 is 57.0 Å². The molecule has 1 heterocycles. The van der Waals surface area contributed by atoms with Crippen LogP contribution in [0.3, 0.4) is 0 Å². The topological polar surface area (TPSA) is 82.2 Å². The average Bonchev–Trinajstić information content (AvgIpc) is 2.76. The van der Waals surface area contributed by atoms with E-state index in [1.807, 2.05) is 67.5 Å². The lowest BCUT2D eigenvalue weighted by atomic mass is 9.91. The summed E-state index contributed by atoms with van der Waals surface area (Å²) in [5.74, 6) is 1.57. The SMILES string of the molecule is CN(C)c1nc(NC2CCC(NC(=O)Nc3ccccc3I)CC2)nc2ccccc12. The number of hydrogen-bond acceptors (Lipinski definition) is 5. The third-order valence-electron chi connectivity index (χ3n) is 5.52. The normalized spacial score (nSPS) is 18.4. The maximum atomic E-state index is 12.4. The summed E-state index contributed by atoms with van der Waals surface area (Å²) >= 11 is 2.22. The highest BCUT2D eigenvalue weighted by Gasteiger charge is 2.23. The van der Waals surface area contributed by atoms with Crippen molar-refractivity contribution in [1.82, 2.24) is 15.3 Å². The molecular formula is C23H27IN6O. The summed E-state index contributed by atoms with van der Waals surface area (Å²) in [7, 11) is 3.99. The van der Waals surface area contributed by atoms with Crippen LogP contribution in [0.15, 0.2) is 48.5 Å². The first-order valence-corrected chi connectivity index (χ1v) is 11.6. The van der Waals surface area contributed by atoms with Gasteiger partial charge in [-0.15, -0.1) is 0 Å². The van der Waals surface area contributed by atoms with Crippen molar-refractivity contribution < 1.29 is 4.79 Å². The zero-order valence-electron chi connectivity index (χ0n) is 17.7. The number of carbonyl (C=O) groups is 1. The van der Waals surface area contributed by atoms with Crippen molar-refractivity contribution in [2.24, 2.45) is 0 Å². The molecule has 1 saturated carbocycles. The summed E-state index contributed by atoms with van der Waals surface area (Å²) in [5, 5.41) is 10.6. The van der Waals surface area contributed by atoms with E-state index < -0.39 is 0 Å². The maximum absolute atomic E-state index is 12.4. The van der Waals surface area contributed by atoms with E-state index in [0.29, 0.717) is 12.0 Å². The zero-order chi connectivity index (χ0) is 21.8. The van der Waals surface area contributed by atoms with Gasteiger partial charge in [0.1, 0.15) is 5.82 Å². The molecule has 7 nitrogen and oxygen atoms in total. The van der Waals surface area contributed by atoms with Crippen LogP contribution in [-0.2, 0) is 0 Å². The summed E-state index contributed by atoms with van der Waals surface area (Å²) < 4.78 is 1.02. The van der Waals surface area contributed by atoms with E-state index in [4.69, 9.17) is 9.97 Å². The van der Waals surface area contributed by atoms with Gasteiger partial charge in [0, 0.05) is 35.1 Å². The van der Waals surface area contributed by atoms with Gasteiger partial charge in [-0.25, -0.2) is 9.78 Å². The van der Waals surface area contributed by atoms with Gasteiger partial charge in [0.25, 0.3) is 0 Å². The number of para-hydroxylation sites is 2. The number of fused-ring (bicyclic) bond motifs is 1. The van der Waals surface area contributed by atoms with Gasteiger partial charge in [0.15, 0.2) is 0 Å². The van der Waals surface area contributed by atoms with Crippen molar-refractivity contribution in [2.75, 3.05) is 29.6 Å². The van der Waals surface area contributed by atoms with Crippen LogP contribution in [0, 0.1) is 3.57 Å². The number of anilines is 3. The fraction of sp³-hybridized carbons (Fsp3) is 0.348. The molecular weight excluding hydrogens is 503 g/mol. The molecule has 1 fully saturated rings. The molecule has 0 atom stereocenters. The molecule has 0 unspecified atom stereocenters. The molecule has 0 bridgehead atoms. The Kier molecular flexibility index (Phi) is 6.74. The molecule has 1 aliphatic carbocycles. The van der Waals surface area contributed by atoms with Crippen LogP contribution in [0.25, 0.3) is 10.9 Å². The number of halogens is 1. The molecule has 3 aromatic rings. The Morgan fingerprint density at radius 1 is 0.968 bits per heavy atom. The second-order valence-corrected chi connectivity index (χ2v) is 9.22. The number of aromatic nitrogens is 2. The molecule has 0 aliphatic heterocycles. The third-order valence-corrected chi connectivity index (χ3v) is 6.47. The van der Waals surface area contributed by atoms with Gasteiger partial charge >= 0.3 is 6.03 Å². The highest BCUT2D eigenvalue weighted by Crippen LogP contribution is 2.26. The molecule has 31 heavy (non-hydrogen) atoms. The minimum absolute atomic E-state index is 0.144. The summed E-state index contributed by atoms with van der Waals surface area (Å²) in [6.07, 6.45) is 3.76. The first kappa shape index (κ1) is 21.6. The maximum Gasteiger partial charge on any atom is 0.319 e. The second-order valence-electron chi connectivity index (χ2n) is 8.05. The molecule has 162 valence electrons. The van der Waals surface area contributed by atoms with E-state index in [0.717, 1.165) is 51.7 Å². The quantitative estimate of drug-likeness (QED) is 0.412. The summed E-state index contributed by atoms with van der Waals surface area (Å²) in [5.41, 5.74) is 1.77. The number of nitrogens with zero attached hydrogens (tertiary/aromatic N) is 3. The number of rotatable bonds is 5. The van der Waals surface area contributed by atoms with E-state index >= 15 is 0 Å². The van der Waals surface area contributed by atoms with Crippen LogP contribution in [0.4, 0.5) is 22.2 Å². The second kappa shape index (κ2) is 9.67. The van der Waals surface area contributed by atoms with Crippen molar-refractivity contribution in [2.45, 2.75) is 37.8 Å². The number of amides is 2. The molecule has 0 saturated heterocycles. The largest absolute Gasteiger partial charge is 0.362 e. The van der Waals surface area contributed by atoms with Crippen molar-refractivity contribution in [3.8, 4) is 0 Å². The summed E-state index contributed by atoms with van der Waals surface area (Å²) in [4.78, 5) is 23.8. The van der Waals surface area contributed by atoms with Crippen LogP contribution in [-0.4, -0.2) is 42.2 Å². The summed E-state index contributed by atoms with van der Waals surface area (Å²) in [6.45, 7) is 0. The highest BCUT2D eigenvalue weighted by molar-refractivity contribution is 14.1. The third kappa shape index (κ3) is 5.36. The Balaban J connectivity index is 1.33. The van der Waals surface area contributed by atoms with Crippen LogP contribution >= 0.6 is 22.6 Å². The van der Waals surface area contributed by atoms with E-state index in [-0.39, 0.29) is 12.1 Å². The van der Waals surface area contributed by atoms with Gasteiger partial charge in [-0.3, -0.25) is 0 Å². The van der Waals surface area contributed by atoms with Gasteiger partial charge < -0.3 is 20.9 Å². The average molecular weight is 530 g/mol. The van der Waals surface area contributed by atoms with Crippen LogP contribution < -0.4 is 20.9 Å². The van der Waals surface area contributed by atoms with E-state index in [9.17, 15) is 4.79 Å². The molecule has 1 aliphatic rings. The Labute approximate surface area is 196 Å². The van der Waals surface area contributed by atoms with Crippen LogP contribution in [0.1, 0.15) is 25.7 Å². The zero-order valence-corrected chi connectivity index (χ0v) is 19.9. The predicted octanol–water partition coefficient (Wildman–Crippen LogP) is 4.85. The van der Waals surface area contributed by atoms with Crippen molar-refractivity contribution in [1.29, 1.82) is 0 Å². The molecule has 3 N–H and O–H groups in total. The van der Waals surface area contributed by atoms with Gasteiger partial charge in [0.05, 0.1) is 11.2 Å². The minimum Gasteiger partial charge on any atom is -0.362 e. The predicted molar refractivity (Wildman–Crippen MR) is 135 cm³/mol. The Morgan fingerprint density at radius 2 is 1.65 bits per heavy atom. The lowest BCUT2D eigenvalue weighted by molar-refractivity contribution is 0.243. The number of hydrogen-bond donors (Lipinski definition) is 3. The molecule has 2 aromatic carbocycles. The molecule has 4 rings (SSSR count). The number of benzene rings is 2. The lowest BCUT2D eigenvalue weighted by Crippen LogP contribution is -2.42. The van der Waals surface area contributed by atoms with Gasteiger partial charge in [0.2, 0.25) is 5.95 Å². The van der Waals surface area contributed by atoms with Crippen molar-refractivity contribution in [3.05, 3.63) is 52.1 Å². The van der Waals surface area contributed by atoms with Crippen LogP contribution in [0.2, 0.25) is 0 Å². The smallest absolute Gasteiger partial charge is 0.319 e. The molecule has 0 radical (unpaired) electrons. The molecule has 2 amide bonds. The Bertz CT molecular complexity index is 1060. The summed E-state index contributed by atoms with van der Waals surface area (Å²) in [6, 6.07) is 16.2. The fourth-order valence-corrected chi connectivity index (χ4v) is 4.46. The Morgan fingerprint density at radius 3 is 2.39 bits per heavy atom. The van der Waals surface area contributed by atoms with Gasteiger partial charge in [-0.2, -0.15) is 4.98 Å². The Hall–Kier alpha value is -2.62. The van der Waals surface area contributed by atoms with E-state index in [2.05, 4.69) is 38.5 Å². The lowest BCUT2D eigenvalue weighted by Gasteiger charge is -2.30. The van der Waals surface area contributed by atoms with Gasteiger partial charge in [-0.05, 0) is 72.5 Å². The van der Waals surface area contributed by atoms with Gasteiger partial charge in [-0.1, -0.05) is 24.3 Å². The number of urea groups is 1. The van der Waals surface area contributed by atoms with Crippen LogP contribution in [0.5, 0.6) is 0 Å². The number of carbonyl (C=O) groups excluding carboxylic acids is 1. The first-order valence-electron chi connectivity index (χ1n) is 10.5. The van der Waals surface area contributed by atoms with Crippen molar-refractivity contribution in [3.63, 3.8) is 0 Å². The van der Waals surface area contributed by atoms with E-state index in [1.54, 1.807) is 0 Å². The molecule has 1 aromatic heterocycles. The minimum atomic E-state index is -0.144. The standard InChI is InChI=1S/C23H27IN6O/c1-30(2)21-17-7-3-5-9-19(17)27-22(29-21)25-15-11-13-16(14-12-15)26-23(31)28-20-10-6-4-8-18(20)24/h3-10,15-16H,11-14H2,1-2H3,(H,25,27,29)(H2,26,28,31). The highest BCUT2D eigenvalue weighted by atomic mass is 127. The molecule has 8 heteroatoms. The molecule has 0 spiro atoms. The van der Waals surface area contributed by atoms with E-state index in [1.165, 1.54) is 0 Å². The fourth-order valence-electron chi connectivity index (χ4n) is 3.94.